The van der Waals surface area contributed by atoms with E-state index in [0.29, 0.717) is 11.1 Å². The molecule has 0 aliphatic carbocycles. The summed E-state index contributed by atoms with van der Waals surface area (Å²) in [6, 6.07) is 24.4. The van der Waals surface area contributed by atoms with E-state index in [1.165, 1.54) is 50.2 Å². The van der Waals surface area contributed by atoms with Crippen LogP contribution in [-0.4, -0.2) is 40.4 Å². The average molecular weight is 672 g/mol. The van der Waals surface area contributed by atoms with Gasteiger partial charge in [0.1, 0.15) is 0 Å². The van der Waals surface area contributed by atoms with Gasteiger partial charge in [0.2, 0.25) is 25.6 Å². The maximum absolute atomic E-state index is 12.6. The molecule has 3 aromatic carbocycles. The van der Waals surface area contributed by atoms with Gasteiger partial charge in [-0.1, -0.05) is 54.3 Å². The molecule has 0 fully saturated rings. The van der Waals surface area contributed by atoms with E-state index >= 15 is 0 Å². The van der Waals surface area contributed by atoms with E-state index in [0.717, 1.165) is 28.5 Å². The molecule has 0 heterocycles. The molecule has 12 heteroatoms. The van der Waals surface area contributed by atoms with Crippen LogP contribution in [0.2, 0.25) is 0 Å². The summed E-state index contributed by atoms with van der Waals surface area (Å²) in [6.45, 7) is 6.80. The van der Waals surface area contributed by atoms with Crippen molar-refractivity contribution in [2.24, 2.45) is 0 Å². The first kappa shape index (κ1) is 37.7. The van der Waals surface area contributed by atoms with Crippen molar-refractivity contribution in [1.29, 1.82) is 10.5 Å². The van der Waals surface area contributed by atoms with Gasteiger partial charge in [-0.25, -0.2) is 16.8 Å². The number of carbonyl (C=O) groups is 2. The zero-order valence-electron chi connectivity index (χ0n) is 26.1. The van der Waals surface area contributed by atoms with E-state index in [4.69, 9.17) is 15.6 Å². The van der Waals surface area contributed by atoms with Gasteiger partial charge in [-0.3, -0.25) is 9.59 Å². The smallest absolute Gasteiger partial charge is 0.313 e. The summed E-state index contributed by atoms with van der Waals surface area (Å²) < 4.78 is 47.6. The van der Waals surface area contributed by atoms with Crippen LogP contribution in [-0.2, 0) is 40.1 Å². The van der Waals surface area contributed by atoms with Gasteiger partial charge in [-0.05, 0) is 75.2 Å². The van der Waals surface area contributed by atoms with Gasteiger partial charge in [0.15, 0.2) is 0 Å². The van der Waals surface area contributed by atoms with E-state index in [1.807, 2.05) is 30.3 Å². The van der Waals surface area contributed by atoms with Gasteiger partial charge in [0.25, 0.3) is 0 Å². The molecule has 47 heavy (non-hydrogen) atoms. The highest BCUT2D eigenvalue weighted by Gasteiger charge is 2.30. The van der Waals surface area contributed by atoms with Gasteiger partial charge in [0, 0.05) is 28.5 Å². The Kier molecular flexibility index (Phi) is 13.0. The van der Waals surface area contributed by atoms with Crippen LogP contribution in [0.3, 0.4) is 0 Å². The average Bonchev–Trinajstić information content (AvgIpc) is 3.05. The SMILES string of the molecule is CC(C)(C(=O)NCC#Cc1ccccc1)c1ccc(S(=O)(=O)/C=C/C#N)cc1.CC(C)(C(=O)O)c1ccc(S(=O)(=O)/C=C/C#N)cc1. The quantitative estimate of drug-likeness (QED) is 0.238. The molecule has 0 radical (unpaired) electrons. The molecular formula is C35H33N3O7S2. The van der Waals surface area contributed by atoms with Crippen LogP contribution in [0.25, 0.3) is 0 Å². The van der Waals surface area contributed by atoms with Gasteiger partial charge >= 0.3 is 5.97 Å². The Bertz CT molecular complexity index is 2010. The van der Waals surface area contributed by atoms with E-state index in [1.54, 1.807) is 38.1 Å². The number of allylic oxidation sites excluding steroid dienone is 2. The van der Waals surface area contributed by atoms with Crippen LogP contribution in [0.5, 0.6) is 0 Å². The number of nitrogens with one attached hydrogen (secondary N) is 1. The van der Waals surface area contributed by atoms with Crippen LogP contribution < -0.4 is 5.32 Å². The number of benzene rings is 3. The Morgan fingerprint density at radius 3 is 1.55 bits per heavy atom. The number of carbonyl (C=O) groups excluding carboxylic acids is 1. The number of carboxylic acid groups (broad SMARTS) is 1. The fourth-order valence-electron chi connectivity index (χ4n) is 3.79. The summed E-state index contributed by atoms with van der Waals surface area (Å²) in [4.78, 5) is 23.7. The highest BCUT2D eigenvalue weighted by atomic mass is 32.2. The monoisotopic (exact) mass is 671 g/mol. The lowest BCUT2D eigenvalue weighted by atomic mass is 9.84. The number of carboxylic acids is 1. The summed E-state index contributed by atoms with van der Waals surface area (Å²) in [5.74, 6) is 4.67. The number of sulfone groups is 2. The Hall–Kier alpha value is -5.48. The first-order valence-electron chi connectivity index (χ1n) is 13.9. The van der Waals surface area contributed by atoms with Crippen LogP contribution in [0.4, 0.5) is 0 Å². The Morgan fingerprint density at radius 2 is 1.15 bits per heavy atom. The topological polar surface area (TPSA) is 182 Å². The third-order valence-electron chi connectivity index (χ3n) is 6.90. The minimum atomic E-state index is -3.67. The van der Waals surface area contributed by atoms with Crippen LogP contribution in [0.1, 0.15) is 44.4 Å². The number of nitriles is 2. The van der Waals surface area contributed by atoms with Crippen molar-refractivity contribution in [2.75, 3.05) is 6.54 Å². The summed E-state index contributed by atoms with van der Waals surface area (Å²) in [5.41, 5.74) is 0.0926. The van der Waals surface area contributed by atoms with E-state index < -0.39 is 36.5 Å². The number of nitrogens with zero attached hydrogens (tertiary/aromatic N) is 2. The zero-order chi connectivity index (χ0) is 35.3. The van der Waals surface area contributed by atoms with Crippen LogP contribution in [0, 0.1) is 34.5 Å². The second kappa shape index (κ2) is 16.2. The van der Waals surface area contributed by atoms with Crippen molar-refractivity contribution in [1.82, 2.24) is 5.32 Å². The molecule has 1 amide bonds. The van der Waals surface area contributed by atoms with E-state index in [9.17, 15) is 26.4 Å². The molecule has 3 aromatic rings. The second-order valence-electron chi connectivity index (χ2n) is 10.9. The molecule has 10 nitrogen and oxygen atoms in total. The maximum Gasteiger partial charge on any atom is 0.313 e. The van der Waals surface area contributed by atoms with Crippen LogP contribution >= 0.6 is 0 Å². The molecule has 0 spiro atoms. The van der Waals surface area contributed by atoms with Crippen molar-refractivity contribution in [3.05, 3.63) is 119 Å². The summed E-state index contributed by atoms with van der Waals surface area (Å²) in [7, 11) is -7.33. The lowest BCUT2D eigenvalue weighted by Crippen LogP contribution is -2.40. The number of aliphatic carboxylic acids is 1. The summed E-state index contributed by atoms with van der Waals surface area (Å²) >= 11 is 0. The first-order chi connectivity index (χ1) is 22.0. The minimum absolute atomic E-state index is 0.0175. The van der Waals surface area contributed by atoms with E-state index in [-0.39, 0.29) is 22.2 Å². The van der Waals surface area contributed by atoms with Crippen molar-refractivity contribution in [2.45, 2.75) is 48.3 Å². The summed E-state index contributed by atoms with van der Waals surface area (Å²) in [6.07, 6.45) is 1.79. The molecule has 2 N–H and O–H groups in total. The Labute approximate surface area is 275 Å². The number of hydrogen-bond acceptors (Lipinski definition) is 8. The molecule has 0 bridgehead atoms. The third kappa shape index (κ3) is 10.5. The molecule has 0 saturated carbocycles. The minimum Gasteiger partial charge on any atom is -0.481 e. The number of rotatable bonds is 9. The lowest BCUT2D eigenvalue weighted by Gasteiger charge is -2.23. The summed E-state index contributed by atoms with van der Waals surface area (Å²) in [5, 5.41) is 30.3. The van der Waals surface area contributed by atoms with Crippen molar-refractivity contribution >= 4 is 31.6 Å². The number of amides is 1. The standard InChI is InChI=1S/C22H20N2O3S.C13H13NO4S/c1-22(2,21(25)24-16-6-10-18-8-4-3-5-9-18)19-11-13-20(14-12-19)28(26,27)17-7-15-23;1-13(2,12(15)16)10-4-6-11(7-5-10)19(17,18)9-3-8-14/h3-5,7-9,11-14,17H,16H2,1-2H3,(H,24,25);3-7,9H,1-2H3,(H,15,16)/b17-7+;9-3+. The molecule has 0 aliphatic heterocycles. The first-order valence-corrected chi connectivity index (χ1v) is 17.0. The molecule has 3 rings (SSSR count). The highest BCUT2D eigenvalue weighted by Crippen LogP contribution is 2.26. The molecular weight excluding hydrogens is 639 g/mol. The molecule has 0 aliphatic rings. The van der Waals surface area contributed by atoms with Crippen molar-refractivity contribution < 1.29 is 31.5 Å². The van der Waals surface area contributed by atoms with Crippen LogP contribution in [0.15, 0.2) is 112 Å². The Balaban J connectivity index is 0.000000353. The fraction of sp³-hybridized carbons (Fsp3) is 0.200. The lowest BCUT2D eigenvalue weighted by molar-refractivity contribution is -0.142. The van der Waals surface area contributed by atoms with Gasteiger partial charge in [0.05, 0.1) is 39.3 Å². The van der Waals surface area contributed by atoms with Gasteiger partial charge < -0.3 is 10.4 Å². The maximum atomic E-state index is 12.6. The third-order valence-corrected chi connectivity index (χ3v) is 9.75. The highest BCUT2D eigenvalue weighted by molar-refractivity contribution is 7.94. The molecule has 0 aromatic heterocycles. The molecule has 0 unspecified atom stereocenters. The largest absolute Gasteiger partial charge is 0.481 e. The van der Waals surface area contributed by atoms with Gasteiger partial charge in [-0.2, -0.15) is 10.5 Å². The zero-order valence-corrected chi connectivity index (χ0v) is 27.8. The Morgan fingerprint density at radius 1 is 0.723 bits per heavy atom. The molecule has 0 saturated heterocycles. The molecule has 242 valence electrons. The second-order valence-corrected chi connectivity index (χ2v) is 14.6. The predicted octanol–water partition coefficient (Wildman–Crippen LogP) is 4.80. The van der Waals surface area contributed by atoms with Crippen molar-refractivity contribution in [3.8, 4) is 24.0 Å². The van der Waals surface area contributed by atoms with E-state index in [2.05, 4.69) is 17.2 Å². The predicted molar refractivity (Wildman–Crippen MR) is 177 cm³/mol. The normalized spacial score (nSPS) is 11.7. The molecule has 0 atom stereocenters. The number of hydrogen-bond donors (Lipinski definition) is 2. The van der Waals surface area contributed by atoms with Gasteiger partial charge in [-0.15, -0.1) is 0 Å². The fourth-order valence-corrected chi connectivity index (χ4v) is 5.61. The van der Waals surface area contributed by atoms with Crippen molar-refractivity contribution in [3.63, 3.8) is 0 Å².